The molecule has 1 aromatic rings. The fraction of sp³-hybridized carbons (Fsp3) is 0.231. The molecule has 0 bridgehead atoms. The maximum absolute atomic E-state index is 9.76. The summed E-state index contributed by atoms with van der Waals surface area (Å²) >= 11 is 0. The van der Waals surface area contributed by atoms with Crippen LogP contribution in [0.15, 0.2) is 30.3 Å². The van der Waals surface area contributed by atoms with Crippen molar-refractivity contribution in [1.29, 1.82) is 0 Å². The van der Waals surface area contributed by atoms with Crippen LogP contribution in [-0.2, 0) is 42.2 Å². The zero-order valence-corrected chi connectivity index (χ0v) is 12.6. The maximum Gasteiger partial charge on any atom is 0.293 e. The van der Waals surface area contributed by atoms with Crippen molar-refractivity contribution in [3.05, 3.63) is 48.4 Å². The Balaban J connectivity index is 0. The van der Waals surface area contributed by atoms with Crippen LogP contribution in [0.3, 0.4) is 0 Å². The first kappa shape index (κ1) is 17.9. The van der Waals surface area contributed by atoms with E-state index in [1.165, 1.54) is 0 Å². The van der Waals surface area contributed by atoms with E-state index in [0.717, 1.165) is 5.56 Å². The van der Waals surface area contributed by atoms with Crippen LogP contribution in [0.5, 0.6) is 0 Å². The van der Waals surface area contributed by atoms with E-state index in [1.807, 2.05) is 50.6 Å². The van der Waals surface area contributed by atoms with E-state index in [9.17, 15) is 4.79 Å². The third kappa shape index (κ3) is 11.6. The largest absolute Gasteiger partial charge is 0.464 e. The van der Waals surface area contributed by atoms with Crippen molar-refractivity contribution in [2.75, 3.05) is 6.61 Å². The average molecular weight is 293 g/mol. The van der Waals surface area contributed by atoms with Gasteiger partial charge in [-0.1, -0.05) is 6.08 Å². The molecular formula is C13H16O2Y-2. The number of ether oxygens (including phenoxy) is 1. The molecule has 1 rings (SSSR count). The van der Waals surface area contributed by atoms with Gasteiger partial charge in [-0.15, -0.1) is 5.56 Å². The molecule has 0 aliphatic rings. The topological polar surface area (TPSA) is 26.3 Å². The molecule has 16 heavy (non-hydrogen) atoms. The van der Waals surface area contributed by atoms with E-state index in [0.29, 0.717) is 13.1 Å². The third-order valence-electron chi connectivity index (χ3n) is 1.31. The van der Waals surface area contributed by atoms with Crippen molar-refractivity contribution < 1.29 is 42.2 Å². The van der Waals surface area contributed by atoms with E-state index in [-0.39, 0.29) is 32.7 Å². The van der Waals surface area contributed by atoms with Crippen molar-refractivity contribution in [3.63, 3.8) is 0 Å². The van der Waals surface area contributed by atoms with Gasteiger partial charge in [0.2, 0.25) is 0 Å². The first-order chi connectivity index (χ1) is 7.35. The number of hydrogen-bond donors (Lipinski definition) is 0. The van der Waals surface area contributed by atoms with Gasteiger partial charge in [0, 0.05) is 32.7 Å². The summed E-state index contributed by atoms with van der Waals surface area (Å²) in [6.45, 7) is 4.76. The Morgan fingerprint density at radius 2 is 1.94 bits per heavy atom. The number of carbonyl (C=O) groups is 1. The molecule has 3 heteroatoms. The SMILES string of the molecule is C[CH-]C.O=COC/C=C/c1cc[c-]cc1.[Y]. The van der Waals surface area contributed by atoms with Crippen LogP contribution in [-0.4, -0.2) is 13.1 Å². The molecule has 0 saturated heterocycles. The van der Waals surface area contributed by atoms with Crippen molar-refractivity contribution in [1.82, 2.24) is 0 Å². The average Bonchev–Trinajstić information content (AvgIpc) is 2.27. The molecule has 0 N–H and O–H groups in total. The van der Waals surface area contributed by atoms with Gasteiger partial charge in [-0.2, -0.15) is 44.2 Å². The zero-order chi connectivity index (χ0) is 11.4. The number of carbonyl (C=O) groups excluding carboxylic acids is 1. The molecule has 0 spiro atoms. The molecule has 0 heterocycles. The van der Waals surface area contributed by atoms with Gasteiger partial charge in [-0.3, -0.25) is 4.79 Å². The van der Waals surface area contributed by atoms with Crippen molar-refractivity contribution >= 4 is 12.5 Å². The second-order valence-electron chi connectivity index (χ2n) is 2.74. The summed E-state index contributed by atoms with van der Waals surface area (Å²) in [6, 6.07) is 10.4. The molecule has 0 amide bonds. The maximum atomic E-state index is 9.76. The summed E-state index contributed by atoms with van der Waals surface area (Å²) in [5, 5.41) is 0. The first-order valence-electron chi connectivity index (χ1n) is 4.77. The van der Waals surface area contributed by atoms with Gasteiger partial charge in [-0.05, 0) is 6.08 Å². The smallest absolute Gasteiger partial charge is 0.293 e. The minimum absolute atomic E-state index is 0. The van der Waals surface area contributed by atoms with Crippen LogP contribution in [0, 0.1) is 12.5 Å². The predicted molar refractivity (Wildman–Crippen MR) is 62.0 cm³/mol. The number of benzene rings is 1. The molecular weight excluding hydrogens is 277 g/mol. The van der Waals surface area contributed by atoms with Gasteiger partial charge < -0.3 is 11.2 Å². The predicted octanol–water partition coefficient (Wildman–Crippen LogP) is 2.90. The van der Waals surface area contributed by atoms with Gasteiger partial charge in [0.25, 0.3) is 6.47 Å². The van der Waals surface area contributed by atoms with E-state index >= 15 is 0 Å². The second kappa shape index (κ2) is 14.5. The third-order valence-corrected chi connectivity index (χ3v) is 1.31. The standard InChI is InChI=1S/C10H9O2.C3H7.Y/c11-9-12-8-4-7-10-5-2-1-3-6-10;1-3-2;/h2-7,9H,8H2;3H,1-2H3;/q2*-1;/b7-4+;;. The van der Waals surface area contributed by atoms with Gasteiger partial charge >= 0.3 is 0 Å². The Bertz CT molecular complexity index is 271. The Morgan fingerprint density at radius 1 is 1.38 bits per heavy atom. The zero-order valence-electron chi connectivity index (χ0n) is 9.72. The molecule has 2 nitrogen and oxygen atoms in total. The number of rotatable bonds is 4. The van der Waals surface area contributed by atoms with Crippen LogP contribution in [0.25, 0.3) is 6.08 Å². The molecule has 0 aromatic heterocycles. The quantitative estimate of drug-likeness (QED) is 0.485. The summed E-state index contributed by atoms with van der Waals surface area (Å²) in [5.41, 5.74) is 1.07. The molecule has 0 saturated carbocycles. The van der Waals surface area contributed by atoms with Crippen LogP contribution >= 0.6 is 0 Å². The molecule has 0 aliphatic heterocycles. The van der Waals surface area contributed by atoms with Gasteiger partial charge in [0.05, 0.1) is 0 Å². The van der Waals surface area contributed by atoms with Gasteiger partial charge in [0.15, 0.2) is 0 Å². The van der Waals surface area contributed by atoms with Gasteiger partial charge in [0.1, 0.15) is 6.61 Å². The van der Waals surface area contributed by atoms with E-state index in [1.54, 1.807) is 6.08 Å². The Morgan fingerprint density at radius 3 is 2.44 bits per heavy atom. The summed E-state index contributed by atoms with van der Waals surface area (Å²) in [7, 11) is 0. The van der Waals surface area contributed by atoms with Crippen molar-refractivity contribution in [2.24, 2.45) is 0 Å². The van der Waals surface area contributed by atoms with E-state index in [4.69, 9.17) is 0 Å². The Labute approximate surface area is 123 Å². The van der Waals surface area contributed by atoms with Crippen LogP contribution in [0.1, 0.15) is 19.4 Å². The molecule has 0 unspecified atom stereocenters. The normalized spacial score (nSPS) is 8.62. The van der Waals surface area contributed by atoms with Gasteiger partial charge in [-0.25, -0.2) is 0 Å². The fourth-order valence-corrected chi connectivity index (χ4v) is 0.790. The number of hydrogen-bond acceptors (Lipinski definition) is 2. The summed E-state index contributed by atoms with van der Waals surface area (Å²) in [4.78, 5) is 9.76. The van der Waals surface area contributed by atoms with E-state index in [2.05, 4.69) is 10.8 Å². The molecule has 1 radical (unpaired) electrons. The summed E-state index contributed by atoms with van der Waals surface area (Å²) in [5.74, 6) is 0. The van der Waals surface area contributed by atoms with E-state index < -0.39 is 0 Å². The molecule has 0 aliphatic carbocycles. The fourth-order valence-electron chi connectivity index (χ4n) is 0.790. The molecule has 0 atom stereocenters. The van der Waals surface area contributed by atoms with Crippen molar-refractivity contribution in [3.8, 4) is 0 Å². The van der Waals surface area contributed by atoms with Crippen LogP contribution in [0.2, 0.25) is 0 Å². The molecule has 0 fully saturated rings. The Kier molecular flexibility index (Phi) is 16.3. The van der Waals surface area contributed by atoms with Crippen molar-refractivity contribution in [2.45, 2.75) is 13.8 Å². The minimum atomic E-state index is 0. The Hall–Kier alpha value is -0.466. The minimum Gasteiger partial charge on any atom is -0.464 e. The summed E-state index contributed by atoms with van der Waals surface area (Å²) in [6.07, 6.45) is 5.67. The monoisotopic (exact) mass is 293 g/mol. The first-order valence-corrected chi connectivity index (χ1v) is 4.77. The van der Waals surface area contributed by atoms with Crippen LogP contribution < -0.4 is 0 Å². The second-order valence-corrected chi connectivity index (χ2v) is 2.74. The summed E-state index contributed by atoms with van der Waals surface area (Å²) < 4.78 is 4.48. The molecule has 1 aromatic carbocycles. The van der Waals surface area contributed by atoms with Crippen LogP contribution in [0.4, 0.5) is 0 Å². The molecule has 85 valence electrons.